The van der Waals surface area contributed by atoms with E-state index >= 15 is 0 Å². The summed E-state index contributed by atoms with van der Waals surface area (Å²) in [4.78, 5) is 0. The van der Waals surface area contributed by atoms with Gasteiger partial charge in [0.1, 0.15) is 0 Å². The van der Waals surface area contributed by atoms with Gasteiger partial charge < -0.3 is 9.13 Å². The molecule has 0 aliphatic heterocycles. The molecular weight excluding hydrogens is 665 g/mol. The third kappa shape index (κ3) is 4.14. The highest BCUT2D eigenvalue weighted by Gasteiger charge is 2.35. The first-order valence-corrected chi connectivity index (χ1v) is 19.3. The van der Waals surface area contributed by atoms with Crippen molar-refractivity contribution in [2.45, 2.75) is 19.3 Å². The Morgan fingerprint density at radius 1 is 0.345 bits per heavy atom. The van der Waals surface area contributed by atoms with Crippen molar-refractivity contribution < 1.29 is 0 Å². The minimum absolute atomic E-state index is 0.0617. The lowest BCUT2D eigenvalue weighted by Gasteiger charge is -2.22. The predicted octanol–water partition coefficient (Wildman–Crippen LogP) is 14.2. The van der Waals surface area contributed by atoms with E-state index < -0.39 is 0 Å². The summed E-state index contributed by atoms with van der Waals surface area (Å²) >= 11 is 0. The molecule has 11 aromatic rings. The maximum atomic E-state index is 2.47. The molecule has 2 heteroatoms. The molecule has 1 aliphatic carbocycles. The zero-order valence-corrected chi connectivity index (χ0v) is 30.7. The van der Waals surface area contributed by atoms with Crippen LogP contribution in [0.15, 0.2) is 182 Å². The van der Waals surface area contributed by atoms with Crippen LogP contribution in [0.4, 0.5) is 0 Å². The van der Waals surface area contributed by atoms with Crippen molar-refractivity contribution in [3.63, 3.8) is 0 Å². The average molecular weight is 701 g/mol. The van der Waals surface area contributed by atoms with Gasteiger partial charge in [-0.05, 0) is 104 Å². The van der Waals surface area contributed by atoms with Crippen LogP contribution in [-0.4, -0.2) is 9.13 Å². The molecule has 0 radical (unpaired) electrons. The van der Waals surface area contributed by atoms with Gasteiger partial charge in [-0.3, -0.25) is 0 Å². The molecule has 2 heterocycles. The Labute approximate surface area is 319 Å². The Bertz CT molecular complexity index is 3390. The molecule has 0 saturated carbocycles. The van der Waals surface area contributed by atoms with E-state index in [2.05, 4.69) is 205 Å². The molecular formula is C53H36N2. The van der Waals surface area contributed by atoms with Gasteiger partial charge in [-0.1, -0.05) is 141 Å². The first kappa shape index (κ1) is 30.6. The molecule has 0 fully saturated rings. The number of aromatic nitrogens is 2. The van der Waals surface area contributed by atoms with Gasteiger partial charge in [-0.25, -0.2) is 0 Å². The smallest absolute Gasteiger partial charge is 0.0625 e. The molecule has 2 aromatic heterocycles. The van der Waals surface area contributed by atoms with Crippen LogP contribution < -0.4 is 0 Å². The molecule has 1 aliphatic rings. The number of hydrogen-bond acceptors (Lipinski definition) is 0. The first-order valence-electron chi connectivity index (χ1n) is 19.3. The second kappa shape index (κ2) is 11.1. The molecule has 55 heavy (non-hydrogen) atoms. The zero-order valence-electron chi connectivity index (χ0n) is 30.7. The van der Waals surface area contributed by atoms with E-state index in [0.717, 1.165) is 0 Å². The van der Waals surface area contributed by atoms with Crippen LogP contribution in [0.3, 0.4) is 0 Å². The van der Waals surface area contributed by atoms with Gasteiger partial charge in [-0.15, -0.1) is 0 Å². The fourth-order valence-electron chi connectivity index (χ4n) is 9.97. The molecule has 0 amide bonds. The average Bonchev–Trinajstić information content (AvgIpc) is 3.84. The summed E-state index contributed by atoms with van der Waals surface area (Å²) in [5.74, 6) is 0. The first-order chi connectivity index (χ1) is 27.1. The largest absolute Gasteiger partial charge is 0.309 e. The van der Waals surface area contributed by atoms with Crippen LogP contribution in [0, 0.1) is 0 Å². The van der Waals surface area contributed by atoms with Crippen LogP contribution in [0.2, 0.25) is 0 Å². The SMILES string of the molecule is CC1(C)c2ccccc2-c2ccc(-n3c4ccccc4c4cc(-c5ccc6c(c5)c5c7ccccc7c7ccccc7c5n6-c5ccccc5)ccc43)cc21. The molecule has 2 nitrogen and oxygen atoms in total. The lowest BCUT2D eigenvalue weighted by Crippen LogP contribution is -2.15. The molecule has 0 saturated heterocycles. The Morgan fingerprint density at radius 2 is 0.909 bits per heavy atom. The standard InChI is InChI=1S/C53H36N2/c1-53(2)46-22-12-10-18-39(46)40-27-26-36(32-47(40)53)54-48-23-13-11-19-41(48)44-30-33(24-28-49(44)54)34-25-29-50-45(31-34)51-42-20-8-6-16-37(42)38-17-7-9-21-43(38)52(51)55(50)35-14-4-3-5-15-35/h3-32H,1-2H3. The highest BCUT2D eigenvalue weighted by Crippen LogP contribution is 2.50. The molecule has 9 aromatic carbocycles. The minimum atomic E-state index is -0.0617. The normalized spacial score (nSPS) is 13.4. The van der Waals surface area contributed by atoms with E-state index in [1.807, 2.05) is 0 Å². The molecule has 0 bridgehead atoms. The summed E-state index contributed by atoms with van der Waals surface area (Å²) < 4.78 is 4.93. The third-order valence-electron chi connectivity index (χ3n) is 12.5. The second-order valence-corrected chi connectivity index (χ2v) is 15.7. The van der Waals surface area contributed by atoms with Gasteiger partial charge in [0.25, 0.3) is 0 Å². The topological polar surface area (TPSA) is 9.86 Å². The summed E-state index contributed by atoms with van der Waals surface area (Å²) in [6.07, 6.45) is 0. The molecule has 0 N–H and O–H groups in total. The number of nitrogens with zero attached hydrogens (tertiary/aromatic N) is 2. The fraction of sp³-hybridized carbons (Fsp3) is 0.0566. The van der Waals surface area contributed by atoms with E-state index in [-0.39, 0.29) is 5.41 Å². The van der Waals surface area contributed by atoms with E-state index in [1.165, 1.54) is 110 Å². The number of benzene rings is 9. The lowest BCUT2D eigenvalue weighted by molar-refractivity contribution is 0.660. The van der Waals surface area contributed by atoms with Gasteiger partial charge in [0.2, 0.25) is 0 Å². The zero-order chi connectivity index (χ0) is 36.4. The molecule has 0 unspecified atom stereocenters. The van der Waals surface area contributed by atoms with E-state index in [0.29, 0.717) is 0 Å². The van der Waals surface area contributed by atoms with Crippen molar-refractivity contribution in [3.05, 3.63) is 193 Å². The highest BCUT2D eigenvalue weighted by atomic mass is 15.0. The van der Waals surface area contributed by atoms with E-state index in [9.17, 15) is 0 Å². The van der Waals surface area contributed by atoms with Crippen LogP contribution in [0.1, 0.15) is 25.0 Å². The number of fused-ring (bicyclic) bond motifs is 14. The van der Waals surface area contributed by atoms with Crippen molar-refractivity contribution >= 4 is 65.2 Å². The highest BCUT2D eigenvalue weighted by molar-refractivity contribution is 6.32. The maximum absolute atomic E-state index is 2.47. The van der Waals surface area contributed by atoms with Crippen molar-refractivity contribution in [2.24, 2.45) is 0 Å². The number of hydrogen-bond donors (Lipinski definition) is 0. The van der Waals surface area contributed by atoms with Crippen molar-refractivity contribution in [3.8, 4) is 33.6 Å². The van der Waals surface area contributed by atoms with Crippen LogP contribution in [-0.2, 0) is 5.41 Å². The van der Waals surface area contributed by atoms with E-state index in [4.69, 9.17) is 0 Å². The van der Waals surface area contributed by atoms with Gasteiger partial charge in [0.05, 0.1) is 22.1 Å². The van der Waals surface area contributed by atoms with Gasteiger partial charge in [-0.2, -0.15) is 0 Å². The van der Waals surface area contributed by atoms with E-state index in [1.54, 1.807) is 0 Å². The Hall–Kier alpha value is -6.90. The molecule has 0 atom stereocenters. The fourth-order valence-corrected chi connectivity index (χ4v) is 9.97. The number of rotatable bonds is 3. The predicted molar refractivity (Wildman–Crippen MR) is 233 cm³/mol. The number of para-hydroxylation sites is 2. The van der Waals surface area contributed by atoms with Gasteiger partial charge in [0, 0.05) is 43.7 Å². The van der Waals surface area contributed by atoms with Crippen molar-refractivity contribution in [2.75, 3.05) is 0 Å². The maximum Gasteiger partial charge on any atom is 0.0625 e. The van der Waals surface area contributed by atoms with Crippen molar-refractivity contribution in [1.82, 2.24) is 9.13 Å². The Kier molecular flexibility index (Phi) is 6.15. The van der Waals surface area contributed by atoms with Crippen LogP contribution in [0.25, 0.3) is 98.8 Å². The Morgan fingerprint density at radius 3 is 1.69 bits per heavy atom. The third-order valence-corrected chi connectivity index (χ3v) is 12.5. The summed E-state index contributed by atoms with van der Waals surface area (Å²) in [5, 5.41) is 10.2. The molecule has 0 spiro atoms. The van der Waals surface area contributed by atoms with Gasteiger partial charge >= 0.3 is 0 Å². The summed E-state index contributed by atoms with van der Waals surface area (Å²) in [6, 6.07) is 67.6. The summed E-state index contributed by atoms with van der Waals surface area (Å²) in [6.45, 7) is 4.72. The molecule has 12 rings (SSSR count). The van der Waals surface area contributed by atoms with Crippen LogP contribution in [0.5, 0.6) is 0 Å². The lowest BCUT2D eigenvalue weighted by atomic mass is 9.82. The van der Waals surface area contributed by atoms with Crippen molar-refractivity contribution in [1.29, 1.82) is 0 Å². The summed E-state index contributed by atoms with van der Waals surface area (Å²) in [5.41, 5.74) is 15.1. The second-order valence-electron chi connectivity index (χ2n) is 15.7. The van der Waals surface area contributed by atoms with Crippen LogP contribution >= 0.6 is 0 Å². The molecule has 258 valence electrons. The Balaban J connectivity index is 1.09. The minimum Gasteiger partial charge on any atom is -0.309 e. The monoisotopic (exact) mass is 700 g/mol. The summed E-state index contributed by atoms with van der Waals surface area (Å²) in [7, 11) is 0. The quantitative estimate of drug-likeness (QED) is 0.162. The van der Waals surface area contributed by atoms with Gasteiger partial charge in [0.15, 0.2) is 0 Å².